The number of amides is 5. The standard InChI is InChI=1S/C15H23N5O4/c1-2-7-19-13(22)14(23)20(15(19)24)11-12(21)17-4-3-8-18-9-5-16-6-10-18/h2,16H,1,3-11H2,(H,17,21). The van der Waals surface area contributed by atoms with Gasteiger partial charge in [-0.3, -0.25) is 19.3 Å². The average Bonchev–Trinajstić information content (AvgIpc) is 2.78. The molecule has 0 radical (unpaired) electrons. The number of nitrogens with one attached hydrogen (secondary N) is 2. The van der Waals surface area contributed by atoms with Gasteiger partial charge in [0, 0.05) is 39.3 Å². The van der Waals surface area contributed by atoms with E-state index in [4.69, 9.17) is 0 Å². The van der Waals surface area contributed by atoms with Crippen molar-refractivity contribution in [1.82, 2.24) is 25.3 Å². The molecule has 0 bridgehead atoms. The molecule has 2 aliphatic heterocycles. The van der Waals surface area contributed by atoms with Crippen molar-refractivity contribution in [3.63, 3.8) is 0 Å². The fourth-order valence-electron chi connectivity index (χ4n) is 2.64. The van der Waals surface area contributed by atoms with Gasteiger partial charge < -0.3 is 15.5 Å². The van der Waals surface area contributed by atoms with E-state index in [0.717, 1.165) is 44.0 Å². The molecule has 0 unspecified atom stereocenters. The van der Waals surface area contributed by atoms with Gasteiger partial charge >= 0.3 is 17.8 Å². The first-order chi connectivity index (χ1) is 11.5. The van der Waals surface area contributed by atoms with E-state index in [-0.39, 0.29) is 6.54 Å². The average molecular weight is 337 g/mol. The summed E-state index contributed by atoms with van der Waals surface area (Å²) in [4.78, 5) is 51.0. The molecular weight excluding hydrogens is 314 g/mol. The maximum atomic E-state index is 12.0. The van der Waals surface area contributed by atoms with Crippen LogP contribution >= 0.6 is 0 Å². The van der Waals surface area contributed by atoms with Gasteiger partial charge in [-0.05, 0) is 13.0 Å². The maximum absolute atomic E-state index is 12.0. The molecule has 0 aromatic rings. The van der Waals surface area contributed by atoms with Gasteiger partial charge in [-0.25, -0.2) is 9.69 Å². The Labute approximate surface area is 140 Å². The summed E-state index contributed by atoms with van der Waals surface area (Å²) >= 11 is 0. The Morgan fingerprint density at radius 1 is 1.17 bits per heavy atom. The summed E-state index contributed by atoms with van der Waals surface area (Å²) in [6.45, 7) is 8.22. The molecule has 2 saturated heterocycles. The number of piperazine rings is 1. The maximum Gasteiger partial charge on any atom is 0.335 e. The summed E-state index contributed by atoms with van der Waals surface area (Å²) in [5.74, 6) is -2.35. The molecule has 2 aliphatic rings. The number of rotatable bonds is 8. The number of hydrogen-bond donors (Lipinski definition) is 2. The summed E-state index contributed by atoms with van der Waals surface area (Å²) < 4.78 is 0. The van der Waals surface area contributed by atoms with Gasteiger partial charge in [0.15, 0.2) is 0 Å². The molecule has 0 aliphatic carbocycles. The van der Waals surface area contributed by atoms with E-state index in [1.54, 1.807) is 0 Å². The van der Waals surface area contributed by atoms with Gasteiger partial charge in [0.1, 0.15) is 6.54 Å². The minimum absolute atomic E-state index is 0.0494. The lowest BCUT2D eigenvalue weighted by Crippen LogP contribution is -2.45. The molecule has 9 heteroatoms. The predicted molar refractivity (Wildman–Crippen MR) is 86.0 cm³/mol. The number of carbonyl (C=O) groups is 4. The first kappa shape index (κ1) is 18.1. The van der Waals surface area contributed by atoms with Gasteiger partial charge in [-0.15, -0.1) is 6.58 Å². The first-order valence-corrected chi connectivity index (χ1v) is 8.02. The van der Waals surface area contributed by atoms with Crippen LogP contribution in [0.1, 0.15) is 6.42 Å². The van der Waals surface area contributed by atoms with Crippen LogP contribution in [0.5, 0.6) is 0 Å². The van der Waals surface area contributed by atoms with Crippen molar-refractivity contribution in [2.24, 2.45) is 0 Å². The molecule has 0 atom stereocenters. The van der Waals surface area contributed by atoms with Gasteiger partial charge in [0.25, 0.3) is 0 Å². The predicted octanol–water partition coefficient (Wildman–Crippen LogP) is -1.63. The molecule has 0 aromatic carbocycles. The second kappa shape index (κ2) is 8.55. The van der Waals surface area contributed by atoms with E-state index >= 15 is 0 Å². The Morgan fingerprint density at radius 2 is 1.83 bits per heavy atom. The smallest absolute Gasteiger partial charge is 0.335 e. The largest absolute Gasteiger partial charge is 0.354 e. The molecule has 24 heavy (non-hydrogen) atoms. The molecule has 2 heterocycles. The molecule has 2 fully saturated rings. The molecule has 0 spiro atoms. The molecule has 0 saturated carbocycles. The quantitative estimate of drug-likeness (QED) is 0.239. The van der Waals surface area contributed by atoms with Crippen LogP contribution in [-0.2, 0) is 14.4 Å². The minimum Gasteiger partial charge on any atom is -0.354 e. The Kier molecular flexibility index (Phi) is 6.44. The van der Waals surface area contributed by atoms with Crippen LogP contribution in [-0.4, -0.2) is 90.8 Å². The van der Waals surface area contributed by atoms with Crippen LogP contribution < -0.4 is 10.6 Å². The lowest BCUT2D eigenvalue weighted by atomic mass is 10.3. The summed E-state index contributed by atoms with van der Waals surface area (Å²) in [7, 11) is 0. The molecule has 0 aromatic heterocycles. The van der Waals surface area contributed by atoms with Crippen LogP contribution in [0.15, 0.2) is 12.7 Å². The fraction of sp³-hybridized carbons (Fsp3) is 0.600. The molecule has 5 amide bonds. The second-order valence-electron chi connectivity index (χ2n) is 5.67. The van der Waals surface area contributed by atoms with Crippen molar-refractivity contribution >= 4 is 23.8 Å². The molecule has 2 rings (SSSR count). The Bertz CT molecular complexity index is 530. The third-order valence-electron chi connectivity index (χ3n) is 3.93. The van der Waals surface area contributed by atoms with Crippen molar-refractivity contribution in [2.45, 2.75) is 6.42 Å². The van der Waals surface area contributed by atoms with Gasteiger partial charge in [0.2, 0.25) is 5.91 Å². The molecule has 2 N–H and O–H groups in total. The van der Waals surface area contributed by atoms with Crippen molar-refractivity contribution < 1.29 is 19.2 Å². The zero-order valence-corrected chi connectivity index (χ0v) is 13.6. The highest BCUT2D eigenvalue weighted by atomic mass is 16.2. The third-order valence-corrected chi connectivity index (χ3v) is 3.93. The third kappa shape index (κ3) is 4.39. The number of nitrogens with zero attached hydrogens (tertiary/aromatic N) is 3. The summed E-state index contributed by atoms with van der Waals surface area (Å²) in [6.07, 6.45) is 2.14. The lowest BCUT2D eigenvalue weighted by molar-refractivity contribution is -0.143. The van der Waals surface area contributed by atoms with Crippen molar-refractivity contribution in [3.05, 3.63) is 12.7 Å². The zero-order chi connectivity index (χ0) is 17.5. The molecular formula is C15H23N5O4. The zero-order valence-electron chi connectivity index (χ0n) is 13.6. The van der Waals surface area contributed by atoms with Gasteiger partial charge in [-0.1, -0.05) is 6.08 Å². The number of imide groups is 2. The van der Waals surface area contributed by atoms with E-state index in [2.05, 4.69) is 22.1 Å². The van der Waals surface area contributed by atoms with E-state index in [1.807, 2.05) is 0 Å². The number of hydrogen-bond acceptors (Lipinski definition) is 6. The highest BCUT2D eigenvalue weighted by Gasteiger charge is 2.44. The van der Waals surface area contributed by atoms with E-state index < -0.39 is 30.3 Å². The van der Waals surface area contributed by atoms with Crippen molar-refractivity contribution in [3.8, 4) is 0 Å². The van der Waals surface area contributed by atoms with E-state index in [9.17, 15) is 19.2 Å². The van der Waals surface area contributed by atoms with Crippen molar-refractivity contribution in [2.75, 3.05) is 52.4 Å². The molecule has 132 valence electrons. The normalized spacial score (nSPS) is 19.1. The van der Waals surface area contributed by atoms with Crippen LogP contribution in [0.2, 0.25) is 0 Å². The summed E-state index contributed by atoms with van der Waals surface area (Å²) in [6, 6.07) is -0.777. The van der Waals surface area contributed by atoms with Crippen LogP contribution in [0.3, 0.4) is 0 Å². The monoisotopic (exact) mass is 337 g/mol. The minimum atomic E-state index is -0.974. The Hall–Kier alpha value is -2.26. The van der Waals surface area contributed by atoms with Crippen molar-refractivity contribution in [1.29, 1.82) is 0 Å². The fourth-order valence-corrected chi connectivity index (χ4v) is 2.64. The lowest BCUT2D eigenvalue weighted by Gasteiger charge is -2.27. The van der Waals surface area contributed by atoms with Crippen LogP contribution in [0.4, 0.5) is 4.79 Å². The topological polar surface area (TPSA) is 102 Å². The Morgan fingerprint density at radius 3 is 2.50 bits per heavy atom. The first-order valence-electron chi connectivity index (χ1n) is 8.02. The van der Waals surface area contributed by atoms with E-state index in [1.165, 1.54) is 6.08 Å². The molecule has 9 nitrogen and oxygen atoms in total. The van der Waals surface area contributed by atoms with E-state index in [0.29, 0.717) is 11.4 Å². The Balaban J connectivity index is 1.71. The second-order valence-corrected chi connectivity index (χ2v) is 5.67. The summed E-state index contributed by atoms with van der Waals surface area (Å²) in [5, 5.41) is 5.94. The van der Waals surface area contributed by atoms with Gasteiger partial charge in [0.05, 0.1) is 0 Å². The SMILES string of the molecule is C=CCN1C(=O)C(=O)N(CC(=O)NCCCN2CCNCC2)C1=O. The summed E-state index contributed by atoms with van der Waals surface area (Å²) in [5.41, 5.74) is 0. The van der Waals surface area contributed by atoms with Gasteiger partial charge in [-0.2, -0.15) is 0 Å². The van der Waals surface area contributed by atoms with Crippen LogP contribution in [0, 0.1) is 0 Å². The van der Waals surface area contributed by atoms with Crippen LogP contribution in [0.25, 0.3) is 0 Å². The number of urea groups is 1. The highest BCUT2D eigenvalue weighted by molar-refractivity contribution is 6.45. The highest BCUT2D eigenvalue weighted by Crippen LogP contribution is 2.11. The number of carbonyl (C=O) groups excluding carboxylic acids is 4.